The minimum atomic E-state index is 0.137. The number of aryl methyl sites for hydroxylation is 1. The lowest BCUT2D eigenvalue weighted by Gasteiger charge is -2.17. The van der Waals surface area contributed by atoms with E-state index in [1.54, 1.807) is 0 Å². The summed E-state index contributed by atoms with van der Waals surface area (Å²) in [5.74, 6) is 0. The van der Waals surface area contributed by atoms with Gasteiger partial charge in [0.2, 0.25) is 0 Å². The molecule has 3 nitrogen and oxygen atoms in total. The van der Waals surface area contributed by atoms with Gasteiger partial charge in [0, 0.05) is 17.4 Å². The van der Waals surface area contributed by atoms with Crippen LogP contribution in [0, 0.1) is 6.92 Å². The molecule has 0 aromatic heterocycles. The number of hydrogen-bond acceptors (Lipinski definition) is 3. The van der Waals surface area contributed by atoms with Crippen LogP contribution in [0.4, 0.5) is 11.4 Å². The van der Waals surface area contributed by atoms with Crippen molar-refractivity contribution in [3.05, 3.63) is 23.8 Å². The molecule has 1 rings (SSSR count). The summed E-state index contributed by atoms with van der Waals surface area (Å²) < 4.78 is 0. The van der Waals surface area contributed by atoms with Crippen LogP contribution in [-0.2, 0) is 0 Å². The molecule has 0 saturated carbocycles. The molecular weight excluding hydrogens is 188 g/mol. The molecule has 0 saturated heterocycles. The third kappa shape index (κ3) is 3.44. The van der Waals surface area contributed by atoms with Crippen LogP contribution in [0.3, 0.4) is 0 Å². The van der Waals surface area contributed by atoms with Gasteiger partial charge >= 0.3 is 0 Å². The standard InChI is InChI=1S/C12H20N2O/c1-3-4-11(8-15)14-10-5-6-12(13)9(2)7-10/h5-7,11,14-15H,3-4,8,13H2,1-2H3. The molecule has 0 aliphatic heterocycles. The first-order valence-corrected chi connectivity index (χ1v) is 5.41. The van der Waals surface area contributed by atoms with Crippen molar-refractivity contribution in [2.75, 3.05) is 17.7 Å². The van der Waals surface area contributed by atoms with Crippen molar-refractivity contribution < 1.29 is 5.11 Å². The Labute approximate surface area is 91.3 Å². The zero-order valence-electron chi connectivity index (χ0n) is 9.46. The quantitative estimate of drug-likeness (QED) is 0.650. The van der Waals surface area contributed by atoms with Crippen LogP contribution in [0.25, 0.3) is 0 Å². The highest BCUT2D eigenvalue weighted by molar-refractivity contribution is 5.57. The summed E-state index contributed by atoms with van der Waals surface area (Å²) in [6.45, 7) is 4.25. The third-order valence-electron chi connectivity index (χ3n) is 2.50. The average Bonchev–Trinajstić information content (AvgIpc) is 2.23. The average molecular weight is 208 g/mol. The number of hydrogen-bond donors (Lipinski definition) is 3. The maximum atomic E-state index is 9.16. The molecule has 0 bridgehead atoms. The Kier molecular flexibility index (Phi) is 4.43. The van der Waals surface area contributed by atoms with E-state index < -0.39 is 0 Å². The normalized spacial score (nSPS) is 12.5. The summed E-state index contributed by atoms with van der Waals surface area (Å²) in [5.41, 5.74) is 8.62. The lowest BCUT2D eigenvalue weighted by Crippen LogP contribution is -2.23. The molecule has 15 heavy (non-hydrogen) atoms. The maximum absolute atomic E-state index is 9.16. The van der Waals surface area contributed by atoms with Crippen molar-refractivity contribution in [2.24, 2.45) is 0 Å². The first-order chi connectivity index (χ1) is 7.17. The Hall–Kier alpha value is -1.22. The summed E-state index contributed by atoms with van der Waals surface area (Å²) in [5, 5.41) is 12.4. The number of aliphatic hydroxyl groups excluding tert-OH is 1. The predicted molar refractivity (Wildman–Crippen MR) is 65.0 cm³/mol. The number of rotatable bonds is 5. The Balaban J connectivity index is 2.66. The zero-order valence-corrected chi connectivity index (χ0v) is 9.46. The molecule has 1 unspecified atom stereocenters. The van der Waals surface area contributed by atoms with Gasteiger partial charge in [-0.15, -0.1) is 0 Å². The Bertz CT molecular complexity index is 312. The van der Waals surface area contributed by atoms with E-state index in [9.17, 15) is 0 Å². The van der Waals surface area contributed by atoms with Gasteiger partial charge in [0.05, 0.1) is 6.61 Å². The third-order valence-corrected chi connectivity index (χ3v) is 2.50. The van der Waals surface area contributed by atoms with E-state index in [1.165, 1.54) is 0 Å². The molecule has 1 aromatic carbocycles. The second kappa shape index (κ2) is 5.61. The van der Waals surface area contributed by atoms with E-state index in [1.807, 2.05) is 25.1 Å². The van der Waals surface area contributed by atoms with E-state index in [0.717, 1.165) is 29.8 Å². The topological polar surface area (TPSA) is 58.3 Å². The van der Waals surface area contributed by atoms with Gasteiger partial charge < -0.3 is 16.2 Å². The summed E-state index contributed by atoms with van der Waals surface area (Å²) in [7, 11) is 0. The highest BCUT2D eigenvalue weighted by Crippen LogP contribution is 2.18. The molecule has 4 N–H and O–H groups in total. The van der Waals surface area contributed by atoms with Gasteiger partial charge in [-0.3, -0.25) is 0 Å². The van der Waals surface area contributed by atoms with E-state index in [2.05, 4.69) is 12.2 Å². The Morgan fingerprint density at radius 2 is 2.20 bits per heavy atom. The second-order valence-corrected chi connectivity index (χ2v) is 3.88. The predicted octanol–water partition coefficient (Wildman–Crippen LogP) is 2.15. The van der Waals surface area contributed by atoms with E-state index >= 15 is 0 Å². The van der Waals surface area contributed by atoms with Crippen LogP contribution in [0.15, 0.2) is 18.2 Å². The fourth-order valence-corrected chi connectivity index (χ4v) is 1.56. The molecule has 1 aromatic rings. The van der Waals surface area contributed by atoms with Crippen LogP contribution in [-0.4, -0.2) is 17.8 Å². The highest BCUT2D eigenvalue weighted by atomic mass is 16.3. The largest absolute Gasteiger partial charge is 0.399 e. The molecule has 0 fully saturated rings. The van der Waals surface area contributed by atoms with Crippen molar-refractivity contribution in [3.8, 4) is 0 Å². The molecule has 0 aliphatic carbocycles. The fourth-order valence-electron chi connectivity index (χ4n) is 1.56. The van der Waals surface area contributed by atoms with Crippen molar-refractivity contribution >= 4 is 11.4 Å². The molecular formula is C12H20N2O. The SMILES string of the molecule is CCCC(CO)Nc1ccc(N)c(C)c1. The van der Waals surface area contributed by atoms with Gasteiger partial charge in [0.25, 0.3) is 0 Å². The van der Waals surface area contributed by atoms with Crippen molar-refractivity contribution in [2.45, 2.75) is 32.7 Å². The smallest absolute Gasteiger partial charge is 0.0632 e. The Morgan fingerprint density at radius 3 is 2.73 bits per heavy atom. The number of benzene rings is 1. The highest BCUT2D eigenvalue weighted by Gasteiger charge is 2.05. The van der Waals surface area contributed by atoms with Crippen LogP contribution in [0.5, 0.6) is 0 Å². The molecule has 0 spiro atoms. The summed E-state index contributed by atoms with van der Waals surface area (Å²) in [6.07, 6.45) is 2.03. The van der Waals surface area contributed by atoms with Gasteiger partial charge in [-0.2, -0.15) is 0 Å². The first kappa shape index (κ1) is 11.9. The lowest BCUT2D eigenvalue weighted by molar-refractivity contribution is 0.268. The Morgan fingerprint density at radius 1 is 1.47 bits per heavy atom. The zero-order chi connectivity index (χ0) is 11.3. The minimum Gasteiger partial charge on any atom is -0.399 e. The van der Waals surface area contributed by atoms with Crippen LogP contribution in [0.2, 0.25) is 0 Å². The minimum absolute atomic E-state index is 0.137. The number of nitrogens with two attached hydrogens (primary N) is 1. The number of aliphatic hydroxyl groups is 1. The summed E-state index contributed by atoms with van der Waals surface area (Å²) in [4.78, 5) is 0. The number of nitrogen functional groups attached to an aromatic ring is 1. The van der Waals surface area contributed by atoms with Crippen LogP contribution < -0.4 is 11.1 Å². The molecule has 0 radical (unpaired) electrons. The maximum Gasteiger partial charge on any atom is 0.0632 e. The molecule has 3 heteroatoms. The molecule has 0 aliphatic rings. The van der Waals surface area contributed by atoms with Crippen LogP contribution in [0.1, 0.15) is 25.3 Å². The van der Waals surface area contributed by atoms with Gasteiger partial charge in [-0.1, -0.05) is 13.3 Å². The summed E-state index contributed by atoms with van der Waals surface area (Å²) in [6, 6.07) is 5.98. The van der Waals surface area contributed by atoms with Crippen molar-refractivity contribution in [3.63, 3.8) is 0 Å². The second-order valence-electron chi connectivity index (χ2n) is 3.88. The van der Waals surface area contributed by atoms with Gasteiger partial charge in [0.15, 0.2) is 0 Å². The summed E-state index contributed by atoms with van der Waals surface area (Å²) >= 11 is 0. The van der Waals surface area contributed by atoms with Crippen molar-refractivity contribution in [1.82, 2.24) is 0 Å². The number of nitrogens with one attached hydrogen (secondary N) is 1. The fraction of sp³-hybridized carbons (Fsp3) is 0.500. The molecule has 1 atom stereocenters. The first-order valence-electron chi connectivity index (χ1n) is 5.41. The van der Waals surface area contributed by atoms with Gasteiger partial charge in [-0.05, 0) is 37.1 Å². The molecule has 0 heterocycles. The number of anilines is 2. The lowest BCUT2D eigenvalue weighted by atomic mass is 10.1. The molecule has 84 valence electrons. The van der Waals surface area contributed by atoms with Crippen LogP contribution >= 0.6 is 0 Å². The van der Waals surface area contributed by atoms with Crippen molar-refractivity contribution in [1.29, 1.82) is 0 Å². The van der Waals surface area contributed by atoms with Gasteiger partial charge in [-0.25, -0.2) is 0 Å². The molecule has 0 amide bonds. The van der Waals surface area contributed by atoms with Gasteiger partial charge in [0.1, 0.15) is 0 Å². The van der Waals surface area contributed by atoms with E-state index in [0.29, 0.717) is 0 Å². The van der Waals surface area contributed by atoms with E-state index in [4.69, 9.17) is 10.8 Å². The monoisotopic (exact) mass is 208 g/mol. The van der Waals surface area contributed by atoms with E-state index in [-0.39, 0.29) is 12.6 Å².